The number of esters is 1. The molecule has 5 aromatic carbocycles. The van der Waals surface area contributed by atoms with Crippen LogP contribution in [0.4, 0.5) is 17.1 Å². The van der Waals surface area contributed by atoms with E-state index >= 15 is 0 Å². The van der Waals surface area contributed by atoms with Gasteiger partial charge in [0.15, 0.2) is 0 Å². The summed E-state index contributed by atoms with van der Waals surface area (Å²) in [5.41, 5.74) is 9.99. The zero-order valence-corrected chi connectivity index (χ0v) is 26.2. The fourth-order valence-electron chi connectivity index (χ4n) is 4.96. The number of rotatable bonds is 15. The first-order valence-electron chi connectivity index (χ1n) is 15.4. The molecule has 0 aliphatic heterocycles. The Bertz CT molecular complexity index is 1610. The highest BCUT2D eigenvalue weighted by Gasteiger charge is 2.14. The summed E-state index contributed by atoms with van der Waals surface area (Å²) in [7, 11) is 0. The van der Waals surface area contributed by atoms with Crippen molar-refractivity contribution in [3.63, 3.8) is 0 Å². The fourth-order valence-corrected chi connectivity index (χ4v) is 4.96. The van der Waals surface area contributed by atoms with Crippen molar-refractivity contribution in [3.8, 4) is 0 Å². The van der Waals surface area contributed by atoms with Crippen molar-refractivity contribution in [1.82, 2.24) is 0 Å². The molecule has 0 aliphatic carbocycles. The van der Waals surface area contributed by atoms with Gasteiger partial charge in [0.25, 0.3) is 0 Å². The summed E-state index contributed by atoms with van der Waals surface area (Å²) in [5, 5.41) is 0. The van der Waals surface area contributed by atoms with Gasteiger partial charge >= 0.3 is 5.97 Å². The fraction of sp³-hybridized carbons (Fsp3) is 0.146. The number of ether oxygens (including phenoxy) is 3. The van der Waals surface area contributed by atoms with Crippen LogP contribution in [0.3, 0.4) is 0 Å². The van der Waals surface area contributed by atoms with E-state index in [-0.39, 0.29) is 5.97 Å². The second kappa shape index (κ2) is 16.2. The van der Waals surface area contributed by atoms with Crippen molar-refractivity contribution in [3.05, 3.63) is 173 Å². The van der Waals surface area contributed by atoms with Crippen LogP contribution in [-0.2, 0) is 40.6 Å². The minimum Gasteiger partial charge on any atom is -0.462 e. The van der Waals surface area contributed by atoms with Crippen LogP contribution in [0.1, 0.15) is 50.7 Å². The van der Waals surface area contributed by atoms with Gasteiger partial charge in [-0.1, -0.05) is 98.1 Å². The standard InChI is InChI=1S/C41H39NO4/c1-4-31-7-11-33(12-8-31)27-44-29-35-15-21-38(22-16-35)42(40-25-19-37(20-26-40)41(43)46-6-3)39-23-17-36(18-24-39)30-45-28-34-13-9-32(5-2)10-14-34/h4-5,7-26H,1-2,6,27-30H2,3H3. The Labute approximate surface area is 272 Å². The SMILES string of the molecule is C=Cc1ccc(COCc2ccc(N(c3ccc(COCc4ccc(C=C)cc4)cc3)c3ccc(C(=O)OCC)cc3)cc2)cc1. The summed E-state index contributed by atoms with van der Waals surface area (Å²) in [4.78, 5) is 14.4. The van der Waals surface area contributed by atoms with Gasteiger partial charge in [-0.2, -0.15) is 0 Å². The number of anilines is 3. The molecular formula is C41H39NO4. The first-order valence-corrected chi connectivity index (χ1v) is 15.4. The van der Waals surface area contributed by atoms with Crippen molar-refractivity contribution in [2.75, 3.05) is 11.5 Å². The van der Waals surface area contributed by atoms with Crippen molar-refractivity contribution in [2.45, 2.75) is 33.4 Å². The molecule has 5 nitrogen and oxygen atoms in total. The monoisotopic (exact) mass is 609 g/mol. The predicted molar refractivity (Wildman–Crippen MR) is 187 cm³/mol. The maximum atomic E-state index is 12.3. The molecule has 0 atom stereocenters. The molecule has 232 valence electrons. The van der Waals surface area contributed by atoms with Gasteiger partial charge in [0.2, 0.25) is 0 Å². The molecule has 0 aromatic heterocycles. The van der Waals surface area contributed by atoms with Gasteiger partial charge in [-0.15, -0.1) is 0 Å². The number of benzene rings is 5. The predicted octanol–water partition coefficient (Wildman–Crippen LogP) is 10.1. The molecule has 0 unspecified atom stereocenters. The van der Waals surface area contributed by atoms with Crippen molar-refractivity contribution in [2.24, 2.45) is 0 Å². The van der Waals surface area contributed by atoms with Crippen molar-refractivity contribution in [1.29, 1.82) is 0 Å². The number of carbonyl (C=O) groups is 1. The summed E-state index contributed by atoms with van der Waals surface area (Å²) in [6.45, 7) is 11.8. The van der Waals surface area contributed by atoms with Gasteiger partial charge in [-0.25, -0.2) is 4.79 Å². The molecule has 0 aliphatic rings. The largest absolute Gasteiger partial charge is 0.462 e. The van der Waals surface area contributed by atoms with Gasteiger partial charge in [-0.05, 0) is 88.8 Å². The first kappa shape index (κ1) is 32.2. The van der Waals surface area contributed by atoms with E-state index in [4.69, 9.17) is 14.2 Å². The molecule has 0 heterocycles. The van der Waals surface area contributed by atoms with E-state index in [0.717, 1.165) is 50.4 Å². The van der Waals surface area contributed by atoms with Crippen LogP contribution in [0.2, 0.25) is 0 Å². The Kier molecular flexibility index (Phi) is 11.3. The molecule has 5 heteroatoms. The highest BCUT2D eigenvalue weighted by molar-refractivity contribution is 5.90. The normalized spacial score (nSPS) is 10.7. The Balaban J connectivity index is 1.29. The van der Waals surface area contributed by atoms with Crippen LogP contribution in [0.15, 0.2) is 134 Å². The van der Waals surface area contributed by atoms with Gasteiger partial charge in [-0.3, -0.25) is 0 Å². The Morgan fingerprint density at radius 2 is 0.870 bits per heavy atom. The Morgan fingerprint density at radius 3 is 1.20 bits per heavy atom. The zero-order chi connectivity index (χ0) is 32.1. The second-order valence-corrected chi connectivity index (χ2v) is 10.8. The summed E-state index contributed by atoms with van der Waals surface area (Å²) in [6.07, 6.45) is 3.67. The van der Waals surface area contributed by atoms with Crippen LogP contribution in [0, 0.1) is 0 Å². The van der Waals surface area contributed by atoms with E-state index < -0.39 is 0 Å². The van der Waals surface area contributed by atoms with Gasteiger partial charge in [0.05, 0.1) is 38.6 Å². The molecule has 5 aromatic rings. The number of nitrogens with zero attached hydrogens (tertiary/aromatic N) is 1. The third-order valence-corrected chi connectivity index (χ3v) is 7.53. The van der Waals surface area contributed by atoms with Crippen LogP contribution in [-0.4, -0.2) is 12.6 Å². The third-order valence-electron chi connectivity index (χ3n) is 7.53. The number of carbonyl (C=O) groups excluding carboxylic acids is 1. The van der Waals surface area contributed by atoms with E-state index in [1.54, 1.807) is 19.1 Å². The molecule has 0 radical (unpaired) electrons. The lowest BCUT2D eigenvalue weighted by molar-refractivity contribution is 0.0526. The molecule has 0 bridgehead atoms. The van der Waals surface area contributed by atoms with E-state index in [2.05, 4.69) is 90.9 Å². The maximum Gasteiger partial charge on any atom is 0.338 e. The van der Waals surface area contributed by atoms with Gasteiger partial charge in [0.1, 0.15) is 0 Å². The van der Waals surface area contributed by atoms with E-state index in [1.807, 2.05) is 48.6 Å². The number of hydrogen-bond donors (Lipinski definition) is 0. The second-order valence-electron chi connectivity index (χ2n) is 10.8. The molecule has 0 fully saturated rings. The molecule has 0 N–H and O–H groups in total. The van der Waals surface area contributed by atoms with Crippen LogP contribution in [0.5, 0.6) is 0 Å². The molecule has 0 saturated carbocycles. The van der Waals surface area contributed by atoms with E-state index in [1.165, 1.54) is 0 Å². The lowest BCUT2D eigenvalue weighted by Crippen LogP contribution is -2.11. The maximum absolute atomic E-state index is 12.3. The quantitative estimate of drug-likeness (QED) is 0.111. The minimum atomic E-state index is -0.331. The number of hydrogen-bond acceptors (Lipinski definition) is 5. The summed E-state index contributed by atoms with van der Waals surface area (Å²) >= 11 is 0. The lowest BCUT2D eigenvalue weighted by atomic mass is 10.1. The molecule has 46 heavy (non-hydrogen) atoms. The summed E-state index contributed by atoms with van der Waals surface area (Å²) < 4.78 is 17.2. The third kappa shape index (κ3) is 8.69. The van der Waals surface area contributed by atoms with Gasteiger partial charge in [0, 0.05) is 17.1 Å². The van der Waals surface area contributed by atoms with E-state index in [9.17, 15) is 4.79 Å². The smallest absolute Gasteiger partial charge is 0.338 e. The molecule has 0 amide bonds. The van der Waals surface area contributed by atoms with Crippen LogP contribution >= 0.6 is 0 Å². The first-order chi connectivity index (χ1) is 22.6. The Morgan fingerprint density at radius 1 is 0.543 bits per heavy atom. The Hall–Kier alpha value is -5.23. The molecule has 0 spiro atoms. The van der Waals surface area contributed by atoms with Crippen LogP contribution < -0.4 is 4.90 Å². The zero-order valence-electron chi connectivity index (χ0n) is 26.2. The van der Waals surface area contributed by atoms with Crippen molar-refractivity contribution < 1.29 is 19.0 Å². The average Bonchev–Trinajstić information content (AvgIpc) is 3.11. The van der Waals surface area contributed by atoms with Crippen molar-refractivity contribution >= 4 is 35.2 Å². The lowest BCUT2D eigenvalue weighted by Gasteiger charge is -2.26. The summed E-state index contributed by atoms with van der Waals surface area (Å²) in [5.74, 6) is -0.331. The average molecular weight is 610 g/mol. The highest BCUT2D eigenvalue weighted by Crippen LogP contribution is 2.35. The van der Waals surface area contributed by atoms with Gasteiger partial charge < -0.3 is 19.1 Å². The molecule has 5 rings (SSSR count). The highest BCUT2D eigenvalue weighted by atomic mass is 16.5. The molecular weight excluding hydrogens is 570 g/mol. The topological polar surface area (TPSA) is 48.0 Å². The van der Waals surface area contributed by atoms with Crippen LogP contribution in [0.25, 0.3) is 12.2 Å². The summed E-state index contributed by atoms with van der Waals surface area (Å²) in [6, 6.07) is 40.6. The molecule has 0 saturated heterocycles. The minimum absolute atomic E-state index is 0.331. The van der Waals surface area contributed by atoms with E-state index in [0.29, 0.717) is 38.6 Å².